The monoisotopic (exact) mass is 291 g/mol. The molecule has 0 radical (unpaired) electrons. The molecule has 0 aliphatic carbocycles. The Morgan fingerprint density at radius 2 is 2.31 bits per heavy atom. The number of aromatic nitrogens is 1. The van der Waals surface area contributed by atoms with E-state index in [1.165, 1.54) is 0 Å². The maximum Gasteiger partial charge on any atom is 0.305 e. The lowest BCUT2D eigenvalue weighted by Gasteiger charge is -2.06. The molecule has 1 aromatic rings. The number of alkyl halides is 3. The van der Waals surface area contributed by atoms with Gasteiger partial charge in [0.05, 0.1) is 4.92 Å². The van der Waals surface area contributed by atoms with E-state index in [0.717, 1.165) is 0 Å². The molecule has 0 atom stereocenters. The summed E-state index contributed by atoms with van der Waals surface area (Å²) in [6.07, 6.45) is -2.20. The van der Waals surface area contributed by atoms with Gasteiger partial charge >= 0.3 is 5.69 Å². The van der Waals surface area contributed by atoms with Crippen molar-refractivity contribution in [1.29, 1.82) is 5.26 Å². The van der Waals surface area contributed by atoms with E-state index in [-0.39, 0.29) is 16.5 Å². The van der Waals surface area contributed by atoms with Crippen LogP contribution in [0.4, 0.5) is 14.5 Å². The number of nitrogens with zero attached hydrogens (tertiary/aromatic N) is 3. The molecule has 1 aromatic heterocycles. The van der Waals surface area contributed by atoms with Crippen LogP contribution in [0.15, 0.2) is 6.20 Å². The number of hydrogen-bond donors (Lipinski definition) is 0. The minimum absolute atomic E-state index is 0.0930. The highest BCUT2D eigenvalue weighted by molar-refractivity contribution is 9.08. The summed E-state index contributed by atoms with van der Waals surface area (Å²) in [5, 5.41) is 19.2. The van der Waals surface area contributed by atoms with Crippen molar-refractivity contribution in [3.05, 3.63) is 33.1 Å². The van der Waals surface area contributed by atoms with E-state index in [0.29, 0.717) is 6.20 Å². The molecule has 8 heteroatoms. The first kappa shape index (κ1) is 12.4. The zero-order valence-corrected chi connectivity index (χ0v) is 9.24. The van der Waals surface area contributed by atoms with Crippen LogP contribution in [0.2, 0.25) is 0 Å². The average Bonchev–Trinajstić information content (AvgIpc) is 2.26. The van der Waals surface area contributed by atoms with Gasteiger partial charge in [0.25, 0.3) is 6.43 Å². The molecule has 0 saturated carbocycles. The number of pyridine rings is 1. The van der Waals surface area contributed by atoms with Crippen molar-refractivity contribution in [2.24, 2.45) is 0 Å². The second kappa shape index (κ2) is 4.94. The quantitative estimate of drug-likeness (QED) is 0.487. The smallest absolute Gasteiger partial charge is 0.258 e. The fourth-order valence-corrected chi connectivity index (χ4v) is 1.71. The summed E-state index contributed by atoms with van der Waals surface area (Å²) in [5.74, 6) is 0. The molecule has 0 fully saturated rings. The lowest BCUT2D eigenvalue weighted by Crippen LogP contribution is -2.04. The average molecular weight is 292 g/mol. The first-order valence-electron chi connectivity index (χ1n) is 3.93. The number of nitro groups is 1. The largest absolute Gasteiger partial charge is 0.305 e. The van der Waals surface area contributed by atoms with Gasteiger partial charge in [0.15, 0.2) is 0 Å². The molecule has 1 rings (SSSR count). The van der Waals surface area contributed by atoms with E-state index in [2.05, 4.69) is 20.9 Å². The Hall–Kier alpha value is -1.62. The van der Waals surface area contributed by atoms with Crippen LogP contribution in [0.1, 0.15) is 23.2 Å². The number of halogens is 3. The minimum atomic E-state index is -2.87. The van der Waals surface area contributed by atoms with Crippen molar-refractivity contribution in [2.45, 2.75) is 11.8 Å². The van der Waals surface area contributed by atoms with Crippen molar-refractivity contribution < 1.29 is 13.7 Å². The lowest BCUT2D eigenvalue weighted by atomic mass is 10.1. The fraction of sp³-hybridized carbons (Fsp3) is 0.250. The van der Waals surface area contributed by atoms with E-state index in [1.807, 2.05) is 0 Å². The lowest BCUT2D eigenvalue weighted by molar-refractivity contribution is -0.385. The third kappa shape index (κ3) is 2.14. The highest BCUT2D eigenvalue weighted by Crippen LogP contribution is 2.30. The number of rotatable bonds is 3. The minimum Gasteiger partial charge on any atom is -0.258 e. The van der Waals surface area contributed by atoms with Crippen LogP contribution in [0.3, 0.4) is 0 Å². The van der Waals surface area contributed by atoms with Crippen molar-refractivity contribution in [1.82, 2.24) is 4.98 Å². The Kier molecular flexibility index (Phi) is 3.84. The zero-order valence-electron chi connectivity index (χ0n) is 7.65. The fourth-order valence-electron chi connectivity index (χ4n) is 1.14. The summed E-state index contributed by atoms with van der Waals surface area (Å²) >= 11 is 2.90. The normalized spacial score (nSPS) is 10.2. The molecule has 0 aromatic carbocycles. The Morgan fingerprint density at radius 3 is 2.69 bits per heavy atom. The van der Waals surface area contributed by atoms with Gasteiger partial charge < -0.3 is 0 Å². The third-order valence-electron chi connectivity index (χ3n) is 1.84. The first-order chi connectivity index (χ1) is 7.52. The molecule has 0 N–H and O–H groups in total. The zero-order chi connectivity index (χ0) is 12.3. The summed E-state index contributed by atoms with van der Waals surface area (Å²) < 4.78 is 25.0. The van der Waals surface area contributed by atoms with Crippen LogP contribution in [-0.4, -0.2) is 9.91 Å². The number of nitriles is 1. The van der Waals surface area contributed by atoms with Gasteiger partial charge in [-0.05, 0) is 0 Å². The molecule has 84 valence electrons. The van der Waals surface area contributed by atoms with Gasteiger partial charge in [-0.15, -0.1) is 0 Å². The van der Waals surface area contributed by atoms with Gasteiger partial charge in [0.2, 0.25) is 0 Å². The molecule has 0 aliphatic heterocycles. The van der Waals surface area contributed by atoms with E-state index in [1.54, 1.807) is 6.07 Å². The molecular weight excluding hydrogens is 288 g/mol. The highest BCUT2D eigenvalue weighted by Gasteiger charge is 2.25. The highest BCUT2D eigenvalue weighted by atomic mass is 79.9. The van der Waals surface area contributed by atoms with Gasteiger partial charge in [-0.2, -0.15) is 5.26 Å². The van der Waals surface area contributed by atoms with Crippen molar-refractivity contribution in [2.75, 3.05) is 0 Å². The molecule has 0 bridgehead atoms. The predicted molar refractivity (Wildman–Crippen MR) is 53.2 cm³/mol. The van der Waals surface area contributed by atoms with Crippen LogP contribution >= 0.6 is 15.9 Å². The topological polar surface area (TPSA) is 79.8 Å². The van der Waals surface area contributed by atoms with Crippen LogP contribution in [-0.2, 0) is 5.33 Å². The summed E-state index contributed by atoms with van der Waals surface area (Å²) in [6.45, 7) is 0. The van der Waals surface area contributed by atoms with Crippen LogP contribution in [0.5, 0.6) is 0 Å². The van der Waals surface area contributed by atoms with Crippen molar-refractivity contribution in [3.63, 3.8) is 0 Å². The summed E-state index contributed by atoms with van der Waals surface area (Å²) in [6, 6.07) is 1.55. The SMILES string of the molecule is N#Cc1c([N+](=O)[O-])cnc(C(F)F)c1CBr. The third-order valence-corrected chi connectivity index (χ3v) is 2.40. The first-order valence-corrected chi connectivity index (χ1v) is 5.05. The molecule has 5 nitrogen and oxygen atoms in total. The van der Waals surface area contributed by atoms with Gasteiger partial charge in [-0.25, -0.2) is 13.8 Å². The summed E-state index contributed by atoms with van der Waals surface area (Å²) in [7, 11) is 0. The van der Waals surface area contributed by atoms with E-state index < -0.39 is 22.7 Å². The van der Waals surface area contributed by atoms with E-state index in [4.69, 9.17) is 5.26 Å². The van der Waals surface area contributed by atoms with E-state index in [9.17, 15) is 18.9 Å². The van der Waals surface area contributed by atoms with Crippen LogP contribution in [0.25, 0.3) is 0 Å². The van der Waals surface area contributed by atoms with Gasteiger partial charge in [-0.1, -0.05) is 15.9 Å². The van der Waals surface area contributed by atoms with Crippen LogP contribution < -0.4 is 0 Å². The molecule has 0 aliphatic rings. The summed E-state index contributed by atoms with van der Waals surface area (Å²) in [4.78, 5) is 13.0. The second-order valence-electron chi connectivity index (χ2n) is 2.69. The molecule has 1 heterocycles. The molecular formula is C8H4BrF2N3O2. The maximum atomic E-state index is 12.5. The Morgan fingerprint density at radius 1 is 1.69 bits per heavy atom. The molecule has 0 amide bonds. The Balaban J connectivity index is 3.54. The van der Waals surface area contributed by atoms with Crippen LogP contribution in [0, 0.1) is 21.4 Å². The number of hydrogen-bond acceptors (Lipinski definition) is 4. The van der Waals surface area contributed by atoms with Crippen molar-refractivity contribution in [3.8, 4) is 6.07 Å². The van der Waals surface area contributed by atoms with Gasteiger partial charge in [0.1, 0.15) is 23.5 Å². The molecule has 0 spiro atoms. The molecule has 16 heavy (non-hydrogen) atoms. The molecule has 0 unspecified atom stereocenters. The molecule has 0 saturated heterocycles. The standard InChI is InChI=1S/C8H4BrF2N3O2/c9-1-4-5(2-12)6(14(15)16)3-13-7(4)8(10)11/h3,8H,1H2. The maximum absolute atomic E-state index is 12.5. The Labute approximate surface area is 97.0 Å². The van der Waals surface area contributed by atoms with Gasteiger partial charge in [0, 0.05) is 10.9 Å². The predicted octanol–water partition coefficient (Wildman–Crippen LogP) is 2.69. The Bertz CT molecular complexity index is 473. The second-order valence-corrected chi connectivity index (χ2v) is 3.25. The van der Waals surface area contributed by atoms with Gasteiger partial charge in [-0.3, -0.25) is 10.1 Å². The van der Waals surface area contributed by atoms with Crippen molar-refractivity contribution >= 4 is 21.6 Å². The van der Waals surface area contributed by atoms with E-state index >= 15 is 0 Å². The summed E-state index contributed by atoms with van der Waals surface area (Å²) in [5.41, 5.74) is -1.71.